The summed E-state index contributed by atoms with van der Waals surface area (Å²) < 4.78 is 0. The zero-order chi connectivity index (χ0) is 16.8. The van der Waals surface area contributed by atoms with Gasteiger partial charge in [-0.2, -0.15) is 0 Å². The van der Waals surface area contributed by atoms with Crippen LogP contribution in [0.15, 0.2) is 47.3 Å². The van der Waals surface area contributed by atoms with Crippen molar-refractivity contribution in [3.05, 3.63) is 58.4 Å². The molecule has 0 amide bonds. The molecule has 0 aliphatic carbocycles. The molecule has 0 bridgehead atoms. The van der Waals surface area contributed by atoms with Crippen LogP contribution in [0.2, 0.25) is 13.1 Å². The average molecular weight is 328 g/mol. The maximum Gasteiger partial charge on any atom is 0.0726 e. The van der Waals surface area contributed by atoms with Crippen LogP contribution in [0.25, 0.3) is 0 Å². The van der Waals surface area contributed by atoms with Crippen molar-refractivity contribution in [1.29, 1.82) is 0 Å². The van der Waals surface area contributed by atoms with Gasteiger partial charge in [0, 0.05) is 7.05 Å². The van der Waals surface area contributed by atoms with E-state index in [4.69, 9.17) is 0 Å². The molecule has 0 radical (unpaired) electrons. The van der Waals surface area contributed by atoms with Crippen molar-refractivity contribution in [3.63, 3.8) is 0 Å². The topological polar surface area (TPSA) is 3.24 Å². The molecule has 2 rings (SSSR count). The van der Waals surface area contributed by atoms with Crippen LogP contribution in [-0.4, -0.2) is 20.7 Å². The number of allylic oxidation sites excluding steroid dienone is 2. The first kappa shape index (κ1) is 18.1. The zero-order valence-corrected chi connectivity index (χ0v) is 16.8. The van der Waals surface area contributed by atoms with Gasteiger partial charge >= 0.3 is 0 Å². The summed E-state index contributed by atoms with van der Waals surface area (Å²) in [5.74, 6) is 0. The number of likely N-dealkylation sites (N-methyl/N-ethyl adjacent to an activating group) is 1. The van der Waals surface area contributed by atoms with Crippen molar-refractivity contribution in [3.8, 4) is 0 Å². The molecule has 0 spiro atoms. The third-order valence-corrected chi connectivity index (χ3v) is 6.70. The van der Waals surface area contributed by atoms with Crippen molar-refractivity contribution in [2.24, 2.45) is 0 Å². The highest BCUT2D eigenvalue weighted by molar-refractivity contribution is 6.65. The molecule has 0 aromatic heterocycles. The molecule has 23 heavy (non-hydrogen) atoms. The Morgan fingerprint density at radius 1 is 1.09 bits per heavy atom. The van der Waals surface area contributed by atoms with Crippen LogP contribution < -0.4 is 0 Å². The lowest BCUT2D eigenvalue weighted by Gasteiger charge is -2.34. The smallest absolute Gasteiger partial charge is 0.0726 e. The quantitative estimate of drug-likeness (QED) is 0.452. The van der Waals surface area contributed by atoms with Crippen LogP contribution in [0.3, 0.4) is 0 Å². The van der Waals surface area contributed by atoms with Gasteiger partial charge in [0.1, 0.15) is 0 Å². The van der Waals surface area contributed by atoms with E-state index in [-0.39, 0.29) is 0 Å². The molecule has 126 valence electrons. The Hall–Kier alpha value is -1.28. The second-order valence-corrected chi connectivity index (χ2v) is 10.1. The minimum Gasteiger partial charge on any atom is -0.370 e. The molecule has 0 fully saturated rings. The number of rotatable bonds is 7. The van der Waals surface area contributed by atoms with Crippen molar-refractivity contribution >= 4 is 8.80 Å². The van der Waals surface area contributed by atoms with E-state index < -0.39 is 8.80 Å². The summed E-state index contributed by atoms with van der Waals surface area (Å²) in [5.41, 5.74) is 4.47. The highest BCUT2D eigenvalue weighted by Crippen LogP contribution is 2.34. The van der Waals surface area contributed by atoms with E-state index in [9.17, 15) is 0 Å². The van der Waals surface area contributed by atoms with E-state index in [0.717, 1.165) is 0 Å². The average Bonchev–Trinajstić information content (AvgIpc) is 2.53. The minimum atomic E-state index is -0.789. The lowest BCUT2D eigenvalue weighted by Crippen LogP contribution is -2.26. The summed E-state index contributed by atoms with van der Waals surface area (Å²) in [7, 11) is 1.45. The molecular formula is C21H33NSi. The van der Waals surface area contributed by atoms with Crippen LogP contribution in [0.1, 0.15) is 56.2 Å². The lowest BCUT2D eigenvalue weighted by atomic mass is 9.94. The van der Waals surface area contributed by atoms with Crippen molar-refractivity contribution in [2.75, 3.05) is 7.05 Å². The molecule has 1 aromatic carbocycles. The molecular weight excluding hydrogens is 294 g/mol. The van der Waals surface area contributed by atoms with E-state index in [1.54, 1.807) is 10.8 Å². The van der Waals surface area contributed by atoms with E-state index in [0.29, 0.717) is 6.04 Å². The first-order chi connectivity index (χ1) is 11.0. The van der Waals surface area contributed by atoms with Gasteiger partial charge in [-0.25, -0.2) is 0 Å². The molecule has 1 aliphatic rings. The van der Waals surface area contributed by atoms with Crippen molar-refractivity contribution < 1.29 is 0 Å². The predicted octanol–water partition coefficient (Wildman–Crippen LogP) is 5.79. The maximum absolute atomic E-state index is 2.55. The van der Waals surface area contributed by atoms with Gasteiger partial charge in [0.15, 0.2) is 0 Å². The van der Waals surface area contributed by atoms with Gasteiger partial charge in [-0.05, 0) is 47.9 Å². The number of unbranched alkanes of at least 4 members (excludes halogenated alkanes) is 3. The Balaban J connectivity index is 2.24. The van der Waals surface area contributed by atoms with Crippen molar-refractivity contribution in [2.45, 2.75) is 65.1 Å². The maximum atomic E-state index is 2.55. The standard InChI is InChI=1S/C21H33NSi/c1-6-7-8-9-13-18-15-20(19-14-11-10-12-17(19)2)22(3)16-21(18)23(4)5/h10-12,14-16,20,23H,6-9,13H2,1-5H3. The molecule has 0 saturated heterocycles. The van der Waals surface area contributed by atoms with Gasteiger partial charge in [-0.3, -0.25) is 0 Å². The Morgan fingerprint density at radius 3 is 2.48 bits per heavy atom. The summed E-state index contributed by atoms with van der Waals surface area (Å²) >= 11 is 0. The van der Waals surface area contributed by atoms with Crippen LogP contribution in [0, 0.1) is 6.92 Å². The molecule has 0 saturated carbocycles. The number of hydrogen-bond donors (Lipinski definition) is 0. The van der Waals surface area contributed by atoms with Gasteiger partial charge in [0.2, 0.25) is 0 Å². The highest BCUT2D eigenvalue weighted by atomic mass is 28.3. The fraction of sp³-hybridized carbons (Fsp3) is 0.524. The number of benzene rings is 1. The molecule has 1 heterocycles. The Bertz CT molecular complexity index is 571. The summed E-state index contributed by atoms with van der Waals surface area (Å²) in [6, 6.07) is 9.22. The molecule has 1 unspecified atom stereocenters. The number of nitrogens with zero attached hydrogens (tertiary/aromatic N) is 1. The lowest BCUT2D eigenvalue weighted by molar-refractivity contribution is 0.383. The molecule has 2 heteroatoms. The molecule has 1 aromatic rings. The van der Waals surface area contributed by atoms with E-state index in [1.807, 2.05) is 0 Å². The predicted molar refractivity (Wildman–Crippen MR) is 105 cm³/mol. The summed E-state index contributed by atoms with van der Waals surface area (Å²) in [6.45, 7) is 9.42. The van der Waals surface area contributed by atoms with Crippen LogP contribution in [0.4, 0.5) is 0 Å². The second-order valence-electron chi connectivity index (χ2n) is 7.21. The third kappa shape index (κ3) is 4.60. The first-order valence-corrected chi connectivity index (χ1v) is 12.1. The zero-order valence-electron chi connectivity index (χ0n) is 15.6. The Labute approximate surface area is 144 Å². The fourth-order valence-corrected chi connectivity index (χ4v) is 5.02. The fourth-order valence-electron chi connectivity index (χ4n) is 3.50. The SMILES string of the molecule is CCCCCCC1=CC(c2ccccc2C)N(C)C=C1[SiH](C)C. The van der Waals surface area contributed by atoms with E-state index >= 15 is 0 Å². The largest absolute Gasteiger partial charge is 0.370 e. The van der Waals surface area contributed by atoms with Gasteiger partial charge < -0.3 is 4.90 Å². The summed E-state index contributed by atoms with van der Waals surface area (Å²) in [6.07, 6.45) is 11.6. The molecule has 1 aliphatic heterocycles. The Morgan fingerprint density at radius 2 is 1.83 bits per heavy atom. The first-order valence-electron chi connectivity index (χ1n) is 9.24. The molecule has 1 atom stereocenters. The van der Waals surface area contributed by atoms with Crippen LogP contribution >= 0.6 is 0 Å². The monoisotopic (exact) mass is 327 g/mol. The van der Waals surface area contributed by atoms with Gasteiger partial charge in [-0.1, -0.05) is 69.6 Å². The number of hydrogen-bond acceptors (Lipinski definition) is 1. The van der Waals surface area contributed by atoms with Crippen molar-refractivity contribution in [1.82, 2.24) is 4.90 Å². The summed E-state index contributed by atoms with van der Waals surface area (Å²) in [4.78, 5) is 2.42. The van der Waals surface area contributed by atoms with Crippen LogP contribution in [-0.2, 0) is 0 Å². The highest BCUT2D eigenvalue weighted by Gasteiger charge is 2.23. The van der Waals surface area contributed by atoms with Gasteiger partial charge in [0.05, 0.1) is 14.8 Å². The second kappa shape index (κ2) is 8.54. The van der Waals surface area contributed by atoms with Gasteiger partial charge in [0.25, 0.3) is 0 Å². The minimum absolute atomic E-state index is 0.397. The molecule has 0 N–H and O–H groups in total. The normalized spacial score (nSPS) is 18.2. The number of aryl methyl sites for hydroxylation is 1. The van der Waals surface area contributed by atoms with E-state index in [1.165, 1.54) is 43.2 Å². The summed E-state index contributed by atoms with van der Waals surface area (Å²) in [5, 5.41) is 1.66. The van der Waals surface area contributed by atoms with Gasteiger partial charge in [-0.15, -0.1) is 0 Å². The van der Waals surface area contributed by atoms with Crippen LogP contribution in [0.5, 0.6) is 0 Å². The Kier molecular flexibility index (Phi) is 6.70. The third-order valence-electron chi connectivity index (χ3n) is 4.94. The molecule has 1 nitrogen and oxygen atoms in total. The van der Waals surface area contributed by atoms with E-state index in [2.05, 4.69) is 75.4 Å².